The minimum atomic E-state index is -0.812. The van der Waals surface area contributed by atoms with Crippen LogP contribution in [0.3, 0.4) is 0 Å². The van der Waals surface area contributed by atoms with Crippen LogP contribution in [0.4, 0.5) is 4.39 Å². The molecule has 0 atom stereocenters. The summed E-state index contributed by atoms with van der Waals surface area (Å²) in [6.45, 7) is 2.79. The van der Waals surface area contributed by atoms with E-state index in [4.69, 9.17) is 0 Å². The lowest BCUT2D eigenvalue weighted by atomic mass is 9.84. The van der Waals surface area contributed by atoms with Crippen molar-refractivity contribution in [2.24, 2.45) is 0 Å². The van der Waals surface area contributed by atoms with E-state index in [9.17, 15) is 9.50 Å². The Morgan fingerprint density at radius 3 is 2.52 bits per heavy atom. The number of rotatable bonds is 5. The second kappa shape index (κ2) is 7.20. The Labute approximate surface area is 136 Å². The van der Waals surface area contributed by atoms with Gasteiger partial charge in [-0.05, 0) is 61.6 Å². The summed E-state index contributed by atoms with van der Waals surface area (Å²) in [6.07, 6.45) is 7.25. The van der Waals surface area contributed by atoms with Gasteiger partial charge in [0.05, 0.1) is 5.60 Å². The molecule has 0 saturated carbocycles. The third kappa shape index (κ3) is 4.15. The van der Waals surface area contributed by atoms with Gasteiger partial charge in [-0.2, -0.15) is 0 Å². The molecule has 1 aliphatic heterocycles. The average Bonchev–Trinajstić information content (AvgIpc) is 2.58. The van der Waals surface area contributed by atoms with Crippen LogP contribution in [-0.4, -0.2) is 34.6 Å². The molecule has 0 bridgehead atoms. The molecule has 0 spiro atoms. The van der Waals surface area contributed by atoms with Crippen LogP contribution in [-0.2, 0) is 12.0 Å². The number of likely N-dealkylation sites (tertiary alicyclic amines) is 1. The molecule has 1 aromatic heterocycles. The number of hydrogen-bond acceptors (Lipinski definition) is 3. The van der Waals surface area contributed by atoms with E-state index < -0.39 is 5.60 Å². The van der Waals surface area contributed by atoms with Crippen LogP contribution in [0, 0.1) is 5.82 Å². The summed E-state index contributed by atoms with van der Waals surface area (Å²) in [5.41, 5.74) is 1.29. The lowest BCUT2D eigenvalue weighted by Gasteiger charge is -2.38. The van der Waals surface area contributed by atoms with Gasteiger partial charge in [-0.1, -0.05) is 18.2 Å². The molecule has 0 amide bonds. The highest BCUT2D eigenvalue weighted by Crippen LogP contribution is 2.32. The first kappa shape index (κ1) is 16.1. The minimum Gasteiger partial charge on any atom is -0.385 e. The molecule has 0 unspecified atom stereocenters. The van der Waals surface area contributed by atoms with Gasteiger partial charge in [0, 0.05) is 25.5 Å². The van der Waals surface area contributed by atoms with Crippen molar-refractivity contribution in [3.05, 3.63) is 65.7 Å². The van der Waals surface area contributed by atoms with Gasteiger partial charge in [-0.3, -0.25) is 4.98 Å². The number of benzene rings is 1. The number of piperidine rings is 1. The molecule has 3 nitrogen and oxygen atoms in total. The van der Waals surface area contributed by atoms with E-state index in [1.54, 1.807) is 18.3 Å². The third-order valence-electron chi connectivity index (χ3n) is 4.73. The van der Waals surface area contributed by atoms with Crippen LogP contribution in [0.25, 0.3) is 0 Å². The predicted molar refractivity (Wildman–Crippen MR) is 88.5 cm³/mol. The predicted octanol–water partition coefficient (Wildman–Crippen LogP) is 3.14. The first-order valence-electron chi connectivity index (χ1n) is 8.25. The first-order valence-corrected chi connectivity index (χ1v) is 8.25. The Hall–Kier alpha value is -1.78. The number of nitrogens with zero attached hydrogens (tertiary/aromatic N) is 2. The van der Waals surface area contributed by atoms with Gasteiger partial charge in [-0.15, -0.1) is 0 Å². The summed E-state index contributed by atoms with van der Waals surface area (Å²) in [6, 6.07) is 10.3. The van der Waals surface area contributed by atoms with Gasteiger partial charge in [0.15, 0.2) is 0 Å². The van der Waals surface area contributed by atoms with Gasteiger partial charge >= 0.3 is 0 Å². The number of aryl methyl sites for hydroxylation is 1. The Morgan fingerprint density at radius 2 is 1.87 bits per heavy atom. The van der Waals surface area contributed by atoms with Gasteiger partial charge in [-0.25, -0.2) is 4.39 Å². The molecule has 1 N–H and O–H groups in total. The highest BCUT2D eigenvalue weighted by Gasteiger charge is 2.33. The zero-order chi connectivity index (χ0) is 16.1. The standard InChI is InChI=1S/C19H23FN2O/c20-18-7-5-17(6-8-18)19(23)9-13-22(14-10-19)12-2-4-16-3-1-11-21-15-16/h1,3,5-8,11,15,23H,2,4,9-10,12-14H2. The number of aromatic nitrogens is 1. The molecule has 23 heavy (non-hydrogen) atoms. The smallest absolute Gasteiger partial charge is 0.123 e. The zero-order valence-corrected chi connectivity index (χ0v) is 13.3. The summed E-state index contributed by atoms with van der Waals surface area (Å²) in [5.74, 6) is -0.259. The van der Waals surface area contributed by atoms with E-state index in [1.165, 1.54) is 17.7 Å². The minimum absolute atomic E-state index is 0.259. The van der Waals surface area contributed by atoms with E-state index in [0.717, 1.165) is 38.0 Å². The molecule has 4 heteroatoms. The van der Waals surface area contributed by atoms with Crippen LogP contribution in [0.1, 0.15) is 30.4 Å². The Morgan fingerprint density at radius 1 is 1.13 bits per heavy atom. The number of halogens is 1. The van der Waals surface area contributed by atoms with Gasteiger partial charge in [0.2, 0.25) is 0 Å². The lowest BCUT2D eigenvalue weighted by Crippen LogP contribution is -2.42. The average molecular weight is 314 g/mol. The fourth-order valence-electron chi connectivity index (χ4n) is 3.25. The van der Waals surface area contributed by atoms with Crippen molar-refractivity contribution in [3.8, 4) is 0 Å². The van der Waals surface area contributed by atoms with Gasteiger partial charge < -0.3 is 10.0 Å². The van der Waals surface area contributed by atoms with Crippen LogP contribution in [0.5, 0.6) is 0 Å². The van der Waals surface area contributed by atoms with Crippen molar-refractivity contribution in [1.82, 2.24) is 9.88 Å². The lowest BCUT2D eigenvalue weighted by molar-refractivity contribution is -0.0260. The van der Waals surface area contributed by atoms with E-state index in [0.29, 0.717) is 12.8 Å². The molecule has 0 aliphatic carbocycles. The molecular weight excluding hydrogens is 291 g/mol. The summed E-state index contributed by atoms with van der Waals surface area (Å²) in [4.78, 5) is 6.53. The highest BCUT2D eigenvalue weighted by molar-refractivity contribution is 5.23. The summed E-state index contributed by atoms with van der Waals surface area (Å²) in [7, 11) is 0. The molecule has 0 radical (unpaired) electrons. The monoisotopic (exact) mass is 314 g/mol. The normalized spacial score (nSPS) is 18.0. The number of hydrogen-bond donors (Lipinski definition) is 1. The van der Waals surface area contributed by atoms with Gasteiger partial charge in [0.1, 0.15) is 5.82 Å². The summed E-state index contributed by atoms with van der Waals surface area (Å²) >= 11 is 0. The third-order valence-corrected chi connectivity index (χ3v) is 4.73. The molecule has 1 aromatic carbocycles. The van der Waals surface area contributed by atoms with E-state index in [2.05, 4.69) is 16.0 Å². The topological polar surface area (TPSA) is 36.4 Å². The molecule has 1 aliphatic rings. The zero-order valence-electron chi connectivity index (χ0n) is 13.3. The first-order chi connectivity index (χ1) is 11.2. The van der Waals surface area contributed by atoms with Gasteiger partial charge in [0.25, 0.3) is 0 Å². The van der Waals surface area contributed by atoms with Crippen molar-refractivity contribution in [3.63, 3.8) is 0 Å². The van der Waals surface area contributed by atoms with Crippen LogP contribution >= 0.6 is 0 Å². The largest absolute Gasteiger partial charge is 0.385 e. The van der Waals surface area contributed by atoms with E-state index in [-0.39, 0.29) is 5.82 Å². The Kier molecular flexibility index (Phi) is 5.03. The molecule has 1 fully saturated rings. The second-order valence-corrected chi connectivity index (χ2v) is 6.34. The highest BCUT2D eigenvalue weighted by atomic mass is 19.1. The van der Waals surface area contributed by atoms with Crippen LogP contribution in [0.15, 0.2) is 48.8 Å². The summed E-state index contributed by atoms with van der Waals surface area (Å²) < 4.78 is 13.0. The maximum atomic E-state index is 13.0. The fraction of sp³-hybridized carbons (Fsp3) is 0.421. The molecule has 122 valence electrons. The van der Waals surface area contributed by atoms with Crippen molar-refractivity contribution < 1.29 is 9.50 Å². The molecule has 2 aromatic rings. The van der Waals surface area contributed by atoms with Crippen molar-refractivity contribution in [1.29, 1.82) is 0 Å². The number of aliphatic hydroxyl groups is 1. The number of pyridine rings is 1. The van der Waals surface area contributed by atoms with E-state index >= 15 is 0 Å². The van der Waals surface area contributed by atoms with Crippen LogP contribution < -0.4 is 0 Å². The van der Waals surface area contributed by atoms with E-state index in [1.807, 2.05) is 12.3 Å². The Bertz CT molecular complexity index is 607. The van der Waals surface area contributed by atoms with Crippen molar-refractivity contribution >= 4 is 0 Å². The molecule has 2 heterocycles. The molecule has 3 rings (SSSR count). The van der Waals surface area contributed by atoms with Crippen molar-refractivity contribution in [2.45, 2.75) is 31.3 Å². The maximum Gasteiger partial charge on any atom is 0.123 e. The quantitative estimate of drug-likeness (QED) is 0.921. The van der Waals surface area contributed by atoms with Crippen LogP contribution in [0.2, 0.25) is 0 Å². The van der Waals surface area contributed by atoms with Crippen molar-refractivity contribution in [2.75, 3.05) is 19.6 Å². The molecular formula is C19H23FN2O. The Balaban J connectivity index is 1.47. The fourth-order valence-corrected chi connectivity index (χ4v) is 3.25. The summed E-state index contributed by atoms with van der Waals surface area (Å²) in [5, 5.41) is 10.8. The SMILES string of the molecule is OC1(c2ccc(F)cc2)CCN(CCCc2cccnc2)CC1. The maximum absolute atomic E-state index is 13.0. The second-order valence-electron chi connectivity index (χ2n) is 6.34. The molecule has 1 saturated heterocycles.